The van der Waals surface area contributed by atoms with Crippen LogP contribution in [0, 0.1) is 17.8 Å². The van der Waals surface area contributed by atoms with Crippen molar-refractivity contribution in [3.8, 4) is 0 Å². The molecular formula is C29H42N9O16P3. The van der Waals surface area contributed by atoms with Gasteiger partial charge in [-0.25, -0.2) is 0 Å². The molecule has 57 heavy (non-hydrogen) atoms. The molecule has 28 heteroatoms. The standard InChI is InChI=1S/C8H12N3O4P.C7H10N3O4P.C7H11N3O4.C7H9O4P/c1-13-7-4(3-16-12)5-2-14-8(15-5)6(7)10-11-9;8-10-9-5-6(11)3(2-15-12)4-1-13-7(5)14-4;1-12-6-4(9-10-8)7-13-2-3(14-7)5(6)11;8-12-2-3-4-1-9-7(10-4)6-5(3)11-6/h4-8H,2-3H2,1H3;3-7,11H,1-2H2;3-7,11H,2H2,1H3;3-7H,1-2H2/t4-,5?,6?,7-,8-;3-,4?,5?,6-,7-;3?,4?,5-,6+,7-;3-,4?,5-,6?,7-/m1111/s1. The van der Waals surface area contributed by atoms with Crippen LogP contribution in [-0.2, 0) is 65.8 Å². The van der Waals surface area contributed by atoms with Crippen molar-refractivity contribution in [2.75, 3.05) is 59.1 Å². The van der Waals surface area contributed by atoms with Gasteiger partial charge in [0.1, 0.15) is 36.4 Å². The van der Waals surface area contributed by atoms with Gasteiger partial charge in [0.15, 0.2) is 50.5 Å². The fraction of sp³-hybridized carbons (Fsp3) is 1.00. The van der Waals surface area contributed by atoms with Crippen molar-refractivity contribution in [1.82, 2.24) is 0 Å². The van der Waals surface area contributed by atoms with Gasteiger partial charge in [0, 0.05) is 65.2 Å². The molecule has 9 rings (SSSR count). The second kappa shape index (κ2) is 20.8. The summed E-state index contributed by atoms with van der Waals surface area (Å²) in [6.07, 6.45) is -3.42. The summed E-state index contributed by atoms with van der Waals surface area (Å²) in [6, 6.07) is -1.89. The summed E-state index contributed by atoms with van der Waals surface area (Å²) in [6.45, 7) is 1.73. The topological polar surface area (TPSA) is 343 Å². The number of azide groups is 3. The molecule has 0 aromatic heterocycles. The van der Waals surface area contributed by atoms with Gasteiger partial charge in [0.25, 0.3) is 0 Å². The van der Waals surface area contributed by atoms with E-state index in [-0.39, 0.29) is 98.3 Å². The first kappa shape index (κ1) is 44.3. The van der Waals surface area contributed by atoms with Crippen molar-refractivity contribution in [2.24, 2.45) is 33.1 Å². The minimum absolute atomic E-state index is 0.0306. The molecule has 9 aliphatic rings. The lowest BCUT2D eigenvalue weighted by Gasteiger charge is -2.37. The molecule has 8 unspecified atom stereocenters. The van der Waals surface area contributed by atoms with Crippen LogP contribution < -0.4 is 0 Å². The molecule has 314 valence electrons. The summed E-state index contributed by atoms with van der Waals surface area (Å²) >= 11 is 0. The average Bonchev–Trinajstić information content (AvgIpc) is 3.62. The van der Waals surface area contributed by atoms with Crippen LogP contribution in [0.25, 0.3) is 31.3 Å². The number of hydrogen-bond acceptors (Lipinski definition) is 19. The number of aliphatic hydroxyl groups is 2. The van der Waals surface area contributed by atoms with E-state index in [1.54, 1.807) is 7.11 Å². The van der Waals surface area contributed by atoms with Crippen LogP contribution in [0.2, 0.25) is 0 Å². The Balaban J connectivity index is 0.000000129. The fourth-order valence-electron chi connectivity index (χ4n) is 8.12. The second-order valence-electron chi connectivity index (χ2n) is 14.0. The SMILES string of the molecule is CO[C@H]1C(N=[N+]=[N-])[C@@H]2OCC(O2)[C@H]1CP=O.CO[C@H]1C(N=[N+]=[N-])[C@@H]2OCC(O2)[C@H]1O.O=PC[C@@H]1C2CO[C@H](O2)C2O[C@@H]21.[N-]=[N+]=NC1[C@@H]2OCC(O2)[C@@H](CP=O)[C@H]1O. The zero-order valence-corrected chi connectivity index (χ0v) is 33.2. The van der Waals surface area contributed by atoms with Gasteiger partial charge in [-0.05, 0) is 16.6 Å². The Morgan fingerprint density at radius 1 is 0.544 bits per heavy atom. The third kappa shape index (κ3) is 9.70. The van der Waals surface area contributed by atoms with E-state index in [2.05, 4.69) is 30.1 Å². The van der Waals surface area contributed by atoms with Crippen LogP contribution in [0.4, 0.5) is 0 Å². The van der Waals surface area contributed by atoms with Crippen LogP contribution in [0.15, 0.2) is 15.3 Å². The Hall–Kier alpha value is -2.29. The highest BCUT2D eigenvalue weighted by Gasteiger charge is 2.61. The van der Waals surface area contributed by atoms with Crippen LogP contribution in [-0.4, -0.2) is 174 Å². The minimum Gasteiger partial charge on any atom is -0.392 e. The molecule has 0 aromatic carbocycles. The first-order valence-electron chi connectivity index (χ1n) is 17.9. The minimum atomic E-state index is -0.853. The highest BCUT2D eigenvalue weighted by Crippen LogP contribution is 2.46. The maximum atomic E-state index is 10.7. The predicted octanol–water partition coefficient (Wildman–Crippen LogP) is 2.25. The van der Waals surface area contributed by atoms with Gasteiger partial charge in [-0.1, -0.05) is 15.3 Å². The average molecular weight is 866 g/mol. The van der Waals surface area contributed by atoms with E-state index in [1.165, 1.54) is 7.11 Å². The number of epoxide rings is 1. The molecule has 0 spiro atoms. The Kier molecular flexibility index (Phi) is 16.2. The van der Waals surface area contributed by atoms with Crippen molar-refractivity contribution in [1.29, 1.82) is 0 Å². The molecule has 25 nitrogen and oxygen atoms in total. The number of hydrogen-bond donors (Lipinski definition) is 2. The number of aliphatic hydroxyl groups excluding tert-OH is 2. The van der Waals surface area contributed by atoms with Crippen LogP contribution in [0.1, 0.15) is 0 Å². The largest absolute Gasteiger partial charge is 0.392 e. The quantitative estimate of drug-likeness (QED) is 0.0988. The van der Waals surface area contributed by atoms with E-state index >= 15 is 0 Å². The molecule has 9 fully saturated rings. The Morgan fingerprint density at radius 2 is 0.965 bits per heavy atom. The predicted molar refractivity (Wildman–Crippen MR) is 187 cm³/mol. The lowest BCUT2D eigenvalue weighted by atomic mass is 9.91. The first-order chi connectivity index (χ1) is 27.8. The molecule has 9 aliphatic heterocycles. The van der Waals surface area contributed by atoms with Gasteiger partial charge in [-0.2, -0.15) is 0 Å². The summed E-state index contributed by atoms with van der Waals surface area (Å²) in [5.41, 5.74) is 25.2. The lowest BCUT2D eigenvalue weighted by Crippen LogP contribution is -2.53. The van der Waals surface area contributed by atoms with E-state index in [9.17, 15) is 23.9 Å². The van der Waals surface area contributed by atoms with Gasteiger partial charge < -0.3 is 62.3 Å². The summed E-state index contributed by atoms with van der Waals surface area (Å²) in [5.74, 6) is -0.107. The van der Waals surface area contributed by atoms with Crippen LogP contribution in [0.5, 0.6) is 0 Å². The maximum Gasteiger partial charge on any atom is 0.186 e. The van der Waals surface area contributed by atoms with Gasteiger partial charge in [0.2, 0.25) is 0 Å². The highest BCUT2D eigenvalue weighted by atomic mass is 31.1. The number of methoxy groups -OCH3 is 2. The first-order valence-corrected chi connectivity index (χ1v) is 20.9. The van der Waals surface area contributed by atoms with E-state index in [0.29, 0.717) is 38.8 Å². The van der Waals surface area contributed by atoms with Gasteiger partial charge in [-0.3, -0.25) is 13.7 Å². The van der Waals surface area contributed by atoms with Crippen molar-refractivity contribution in [2.45, 2.75) is 104 Å². The van der Waals surface area contributed by atoms with Crippen molar-refractivity contribution in [3.63, 3.8) is 0 Å². The van der Waals surface area contributed by atoms with Gasteiger partial charge in [-0.15, -0.1) is 0 Å². The molecular weight excluding hydrogens is 823 g/mol. The van der Waals surface area contributed by atoms with E-state index in [4.69, 9.17) is 68.7 Å². The summed E-state index contributed by atoms with van der Waals surface area (Å²) < 4.78 is 90.5. The molecule has 0 amide bonds. The third-order valence-corrected chi connectivity index (χ3v) is 12.7. The normalized spacial score (nSPS) is 46.3. The van der Waals surface area contributed by atoms with E-state index in [0.717, 1.165) is 0 Å². The zero-order valence-electron chi connectivity index (χ0n) is 30.5. The van der Waals surface area contributed by atoms with Crippen molar-refractivity contribution in [3.05, 3.63) is 31.3 Å². The molecule has 0 aliphatic carbocycles. The van der Waals surface area contributed by atoms with E-state index < -0.39 is 55.3 Å². The number of nitrogens with zero attached hydrogens (tertiary/aromatic N) is 9. The fourth-order valence-corrected chi connectivity index (χ4v) is 9.97. The summed E-state index contributed by atoms with van der Waals surface area (Å²) in [7, 11) is 3.15. The maximum absolute atomic E-state index is 10.7. The number of fused-ring (bicyclic) bond motifs is 10. The number of rotatable bonds is 11. The smallest absolute Gasteiger partial charge is 0.186 e. The molecule has 0 saturated carbocycles. The van der Waals surface area contributed by atoms with E-state index in [1.807, 2.05) is 0 Å². The Morgan fingerprint density at radius 3 is 1.53 bits per heavy atom. The molecule has 2 N–H and O–H groups in total. The zero-order chi connectivity index (χ0) is 40.6. The molecule has 9 saturated heterocycles. The summed E-state index contributed by atoms with van der Waals surface area (Å²) in [4.78, 5) is 8.10. The number of ether oxygens (including phenoxy) is 11. The van der Waals surface area contributed by atoms with Gasteiger partial charge >= 0.3 is 0 Å². The Labute approximate surface area is 329 Å². The monoisotopic (exact) mass is 865 g/mol. The highest BCUT2D eigenvalue weighted by molar-refractivity contribution is 7.24. The second-order valence-corrected chi connectivity index (χ2v) is 15.8. The molecule has 8 bridgehead atoms. The molecule has 20 atom stereocenters. The van der Waals surface area contributed by atoms with Crippen LogP contribution >= 0.6 is 25.4 Å². The molecule has 0 aromatic rings. The van der Waals surface area contributed by atoms with Crippen LogP contribution in [0.3, 0.4) is 0 Å². The Bertz CT molecular complexity index is 1570. The van der Waals surface area contributed by atoms with Crippen molar-refractivity contribution < 1.29 is 76.0 Å². The molecule has 0 radical (unpaired) electrons. The van der Waals surface area contributed by atoms with Gasteiger partial charge in [0.05, 0.1) is 69.2 Å². The molecule has 9 heterocycles. The summed E-state index contributed by atoms with van der Waals surface area (Å²) in [5, 5.41) is 30.3. The third-order valence-electron chi connectivity index (χ3n) is 11.0. The lowest BCUT2D eigenvalue weighted by molar-refractivity contribution is -0.185. The van der Waals surface area contributed by atoms with Crippen molar-refractivity contribution >= 4 is 25.4 Å².